The molecule has 190 valence electrons. The van der Waals surface area contributed by atoms with Crippen molar-refractivity contribution in [3.63, 3.8) is 0 Å². The number of rotatable bonds is 9. The fraction of sp³-hybridized carbons (Fsp3) is 0.0345. The molecule has 0 fully saturated rings. The van der Waals surface area contributed by atoms with Gasteiger partial charge in [-0.05, 0) is 66.2 Å². The van der Waals surface area contributed by atoms with Gasteiger partial charge in [0.2, 0.25) is 0 Å². The van der Waals surface area contributed by atoms with Gasteiger partial charge in [-0.25, -0.2) is 9.51 Å². The van der Waals surface area contributed by atoms with Crippen molar-refractivity contribution in [3.8, 4) is 22.7 Å². The van der Waals surface area contributed by atoms with Crippen LogP contribution < -0.4 is 9.57 Å². The van der Waals surface area contributed by atoms with Crippen molar-refractivity contribution in [1.82, 2.24) is 14.6 Å². The van der Waals surface area contributed by atoms with E-state index in [0.29, 0.717) is 22.9 Å². The molecule has 1 N–H and O–H groups in total. The Morgan fingerprint density at radius 1 is 0.868 bits per heavy atom. The molecule has 0 saturated carbocycles. The number of halogens is 1. The van der Waals surface area contributed by atoms with E-state index in [1.165, 1.54) is 30.5 Å². The molecule has 0 aliphatic heterocycles. The topological polar surface area (TPSA) is 85.6 Å². The van der Waals surface area contributed by atoms with Crippen molar-refractivity contribution >= 4 is 27.8 Å². The van der Waals surface area contributed by atoms with Gasteiger partial charge in [0.15, 0.2) is 0 Å². The van der Waals surface area contributed by atoms with E-state index in [1.54, 1.807) is 10.9 Å². The van der Waals surface area contributed by atoms with E-state index < -0.39 is 10.0 Å². The van der Waals surface area contributed by atoms with Crippen molar-refractivity contribution in [2.75, 3.05) is 0 Å². The highest BCUT2D eigenvalue weighted by atomic mass is 35.5. The van der Waals surface area contributed by atoms with Crippen LogP contribution in [0.3, 0.4) is 0 Å². The first-order valence-corrected chi connectivity index (χ1v) is 13.6. The Hall–Kier alpha value is -4.40. The van der Waals surface area contributed by atoms with Crippen LogP contribution in [-0.4, -0.2) is 24.4 Å². The molecule has 1 aromatic heterocycles. The Morgan fingerprint density at radius 3 is 2.21 bits per heavy atom. The number of ether oxygens (including phenoxy) is 1. The highest BCUT2D eigenvalue weighted by Gasteiger charge is 2.14. The van der Waals surface area contributed by atoms with E-state index >= 15 is 0 Å². The van der Waals surface area contributed by atoms with E-state index in [-0.39, 0.29) is 4.90 Å². The second-order valence-corrected chi connectivity index (χ2v) is 10.4. The predicted octanol–water partition coefficient (Wildman–Crippen LogP) is 6.08. The first kappa shape index (κ1) is 25.3. The van der Waals surface area contributed by atoms with Gasteiger partial charge in [-0.15, -0.1) is 0 Å². The molecule has 5 aromatic rings. The Kier molecular flexibility index (Phi) is 7.53. The zero-order chi connectivity index (χ0) is 26.4. The molecule has 0 bridgehead atoms. The van der Waals surface area contributed by atoms with E-state index in [1.807, 2.05) is 84.9 Å². The molecule has 1 heterocycles. The minimum Gasteiger partial charge on any atom is -0.489 e. The minimum atomic E-state index is -3.86. The summed E-state index contributed by atoms with van der Waals surface area (Å²) in [5.41, 5.74) is 4.04. The van der Waals surface area contributed by atoms with Gasteiger partial charge < -0.3 is 4.74 Å². The fourth-order valence-electron chi connectivity index (χ4n) is 3.70. The number of aromatic nitrogens is 2. The number of nitrogens with one attached hydrogen (secondary N) is 1. The van der Waals surface area contributed by atoms with Crippen molar-refractivity contribution in [2.45, 2.75) is 11.5 Å². The monoisotopic (exact) mass is 542 g/mol. The van der Waals surface area contributed by atoms with Gasteiger partial charge in [-0.3, -0.25) is 0 Å². The molecular formula is C29H23ClN4O3S. The number of nitrogens with zero attached hydrogens (tertiary/aromatic N) is 3. The number of benzene rings is 4. The van der Waals surface area contributed by atoms with Crippen molar-refractivity contribution in [2.24, 2.45) is 5.10 Å². The van der Waals surface area contributed by atoms with Crippen LogP contribution in [0.1, 0.15) is 11.1 Å². The molecule has 0 aliphatic carbocycles. The maximum Gasteiger partial charge on any atom is 0.276 e. The SMILES string of the molecule is O=S(=O)(N/N=C/c1cn(-c2ccccc2)nc1-c1ccc(OCc2ccccc2)cc1)c1ccc(Cl)cc1. The number of para-hydroxylation sites is 1. The van der Waals surface area contributed by atoms with Gasteiger partial charge in [-0.2, -0.15) is 18.6 Å². The third kappa shape index (κ3) is 6.11. The third-order valence-electron chi connectivity index (χ3n) is 5.64. The second-order valence-electron chi connectivity index (χ2n) is 8.32. The standard InChI is InChI=1S/C29H23ClN4O3S/c30-25-13-17-28(18-14-25)38(35,36)33-31-19-24-20-34(26-9-5-2-6-10-26)32-29(24)23-11-15-27(16-12-23)37-21-22-7-3-1-4-8-22/h1-20,33H,21H2/b31-19+. The summed E-state index contributed by atoms with van der Waals surface area (Å²) in [4.78, 5) is 2.31. The van der Waals surface area contributed by atoms with Crippen LogP contribution in [0.4, 0.5) is 0 Å². The summed E-state index contributed by atoms with van der Waals surface area (Å²) in [6, 6.07) is 33.0. The maximum atomic E-state index is 12.6. The Labute approximate surface area is 226 Å². The van der Waals surface area contributed by atoms with Gasteiger partial charge in [0, 0.05) is 22.3 Å². The lowest BCUT2D eigenvalue weighted by atomic mass is 10.1. The number of hydrogen-bond donors (Lipinski definition) is 1. The quantitative estimate of drug-likeness (QED) is 0.180. The summed E-state index contributed by atoms with van der Waals surface area (Å²) in [6.07, 6.45) is 3.24. The Morgan fingerprint density at radius 2 is 1.53 bits per heavy atom. The molecule has 5 rings (SSSR count). The second kappa shape index (κ2) is 11.3. The highest BCUT2D eigenvalue weighted by molar-refractivity contribution is 7.89. The van der Waals surface area contributed by atoms with Crippen molar-refractivity contribution < 1.29 is 13.2 Å². The molecule has 0 amide bonds. The minimum absolute atomic E-state index is 0.0605. The molecule has 9 heteroatoms. The van der Waals surface area contributed by atoms with E-state index in [9.17, 15) is 8.42 Å². The van der Waals surface area contributed by atoms with Crippen molar-refractivity contribution in [1.29, 1.82) is 0 Å². The zero-order valence-corrected chi connectivity index (χ0v) is 21.7. The summed E-state index contributed by atoms with van der Waals surface area (Å²) in [5.74, 6) is 0.728. The molecule has 7 nitrogen and oxygen atoms in total. The van der Waals surface area contributed by atoms with Crippen LogP contribution in [0.2, 0.25) is 5.02 Å². The molecule has 0 unspecified atom stereocenters. The summed E-state index contributed by atoms with van der Waals surface area (Å²) in [5, 5.41) is 9.21. The largest absolute Gasteiger partial charge is 0.489 e. The van der Waals surface area contributed by atoms with Crippen LogP contribution in [0.5, 0.6) is 5.75 Å². The van der Waals surface area contributed by atoms with Gasteiger partial charge in [-0.1, -0.05) is 60.1 Å². The normalized spacial score (nSPS) is 11.5. The molecule has 0 saturated heterocycles. The van der Waals surface area contributed by atoms with Gasteiger partial charge in [0.25, 0.3) is 10.0 Å². The summed E-state index contributed by atoms with van der Waals surface area (Å²) in [6.45, 7) is 0.467. The lowest BCUT2D eigenvalue weighted by molar-refractivity contribution is 0.306. The number of hydrogen-bond acceptors (Lipinski definition) is 5. The van der Waals surface area contributed by atoms with E-state index in [0.717, 1.165) is 22.6 Å². The van der Waals surface area contributed by atoms with Gasteiger partial charge in [0.1, 0.15) is 18.1 Å². The first-order chi connectivity index (χ1) is 18.5. The third-order valence-corrected chi connectivity index (χ3v) is 7.13. The van der Waals surface area contributed by atoms with E-state index in [2.05, 4.69) is 9.93 Å². The fourth-order valence-corrected chi connectivity index (χ4v) is 4.62. The Balaban J connectivity index is 1.39. The lowest BCUT2D eigenvalue weighted by Gasteiger charge is -2.07. The maximum absolute atomic E-state index is 12.6. The predicted molar refractivity (Wildman–Crippen MR) is 149 cm³/mol. The van der Waals surface area contributed by atoms with Crippen LogP contribution in [0, 0.1) is 0 Å². The van der Waals surface area contributed by atoms with Gasteiger partial charge >= 0.3 is 0 Å². The molecule has 0 aliphatic rings. The van der Waals surface area contributed by atoms with Crippen molar-refractivity contribution in [3.05, 3.63) is 132 Å². The van der Waals surface area contributed by atoms with Gasteiger partial charge in [0.05, 0.1) is 16.8 Å². The zero-order valence-electron chi connectivity index (χ0n) is 20.1. The molecule has 0 atom stereocenters. The summed E-state index contributed by atoms with van der Waals surface area (Å²) >= 11 is 5.87. The summed E-state index contributed by atoms with van der Waals surface area (Å²) in [7, 11) is -3.86. The molecule has 4 aromatic carbocycles. The molecule has 0 radical (unpaired) electrons. The van der Waals surface area contributed by atoms with Crippen LogP contribution >= 0.6 is 11.6 Å². The highest BCUT2D eigenvalue weighted by Crippen LogP contribution is 2.25. The van der Waals surface area contributed by atoms with E-state index in [4.69, 9.17) is 21.4 Å². The summed E-state index contributed by atoms with van der Waals surface area (Å²) < 4.78 is 32.9. The van der Waals surface area contributed by atoms with Crippen LogP contribution in [0.25, 0.3) is 16.9 Å². The molecule has 38 heavy (non-hydrogen) atoms. The number of sulfonamides is 1. The van der Waals surface area contributed by atoms with Crippen LogP contribution in [-0.2, 0) is 16.6 Å². The van der Waals surface area contributed by atoms with Crippen LogP contribution in [0.15, 0.2) is 125 Å². The average molecular weight is 543 g/mol. The first-order valence-electron chi connectivity index (χ1n) is 11.7. The number of hydrazone groups is 1. The smallest absolute Gasteiger partial charge is 0.276 e. The average Bonchev–Trinajstić information content (AvgIpc) is 3.37. The molecular weight excluding hydrogens is 520 g/mol. The Bertz CT molecular complexity index is 1640. The molecule has 0 spiro atoms. The lowest BCUT2D eigenvalue weighted by Crippen LogP contribution is -2.18.